The Hall–Kier alpha value is -2.78. The van der Waals surface area contributed by atoms with Crippen molar-refractivity contribution in [2.75, 3.05) is 5.75 Å². The Balaban J connectivity index is 1.35. The lowest BCUT2D eigenvalue weighted by molar-refractivity contribution is -0.142. The molecule has 0 N–H and O–H groups in total. The van der Waals surface area contributed by atoms with Crippen LogP contribution in [-0.2, 0) is 16.1 Å². The maximum atomic E-state index is 12.1. The van der Waals surface area contributed by atoms with Gasteiger partial charge >= 0.3 is 5.97 Å². The molecule has 9 heteroatoms. The van der Waals surface area contributed by atoms with Gasteiger partial charge < -0.3 is 9.26 Å². The molecule has 142 valence electrons. The summed E-state index contributed by atoms with van der Waals surface area (Å²) < 4.78 is 10.4. The minimum atomic E-state index is -0.374. The van der Waals surface area contributed by atoms with Gasteiger partial charge in [0.2, 0.25) is 5.82 Å². The van der Waals surface area contributed by atoms with E-state index < -0.39 is 0 Å². The minimum Gasteiger partial charge on any atom is -0.455 e. The van der Waals surface area contributed by atoms with E-state index in [1.165, 1.54) is 23.0 Å². The quantitative estimate of drug-likeness (QED) is 0.264. The third-order valence-corrected chi connectivity index (χ3v) is 6.19. The van der Waals surface area contributed by atoms with Crippen LogP contribution in [0.1, 0.15) is 16.3 Å². The highest BCUT2D eigenvalue weighted by atomic mass is 32.2. The smallest absolute Gasteiger partial charge is 0.316 e. The highest BCUT2D eigenvalue weighted by Gasteiger charge is 2.15. The number of thiophene rings is 1. The number of carbonyl (C=O) groups is 1. The number of ether oxygens (including phenoxy) is 1. The van der Waals surface area contributed by atoms with Crippen molar-refractivity contribution in [3.05, 3.63) is 53.0 Å². The molecule has 0 unspecified atom stereocenters. The minimum absolute atomic E-state index is 0.0605. The molecule has 4 aromatic rings. The Labute approximate surface area is 169 Å². The van der Waals surface area contributed by atoms with Crippen molar-refractivity contribution in [2.45, 2.75) is 25.5 Å². The van der Waals surface area contributed by atoms with E-state index in [0.29, 0.717) is 5.82 Å². The Kier molecular flexibility index (Phi) is 5.36. The van der Waals surface area contributed by atoms with E-state index in [0.717, 1.165) is 26.4 Å². The molecule has 4 rings (SSSR count). The summed E-state index contributed by atoms with van der Waals surface area (Å²) >= 11 is 2.96. The van der Waals surface area contributed by atoms with E-state index in [-0.39, 0.29) is 24.2 Å². The largest absolute Gasteiger partial charge is 0.455 e. The first kappa shape index (κ1) is 18.6. The van der Waals surface area contributed by atoms with Crippen molar-refractivity contribution < 1.29 is 14.1 Å². The first-order chi connectivity index (χ1) is 13.6. The fourth-order valence-corrected chi connectivity index (χ4v) is 4.50. The maximum absolute atomic E-state index is 12.1. The third-order valence-electron chi connectivity index (χ3n) is 4.11. The molecule has 7 nitrogen and oxygen atoms in total. The number of nitrogens with zero attached hydrogens (tertiary/aromatic N) is 4. The van der Waals surface area contributed by atoms with Crippen molar-refractivity contribution in [2.24, 2.45) is 0 Å². The Bertz CT molecular complexity index is 1120. The number of rotatable bonds is 6. The van der Waals surface area contributed by atoms with Crippen LogP contribution in [0.15, 0.2) is 46.2 Å². The lowest BCUT2D eigenvalue weighted by Crippen LogP contribution is -2.07. The average Bonchev–Trinajstić information content (AvgIpc) is 3.30. The van der Waals surface area contributed by atoms with Gasteiger partial charge in [0.25, 0.3) is 5.89 Å². The molecule has 3 aromatic heterocycles. The SMILES string of the molecule is Cc1sc2ncnc(SCC(=O)OCc3nc(-c4ccccc4)no3)c2c1C. The van der Waals surface area contributed by atoms with Crippen LogP contribution < -0.4 is 0 Å². The van der Waals surface area contributed by atoms with E-state index >= 15 is 0 Å². The Morgan fingerprint density at radius 2 is 2.04 bits per heavy atom. The van der Waals surface area contributed by atoms with Gasteiger partial charge in [0.1, 0.15) is 16.2 Å². The number of fused-ring (bicyclic) bond motifs is 1. The van der Waals surface area contributed by atoms with Gasteiger partial charge in [0.05, 0.1) is 5.75 Å². The number of aryl methyl sites for hydroxylation is 2. The summed E-state index contributed by atoms with van der Waals surface area (Å²) in [6.45, 7) is 4.04. The molecule has 0 amide bonds. The number of thioether (sulfide) groups is 1. The van der Waals surface area contributed by atoms with E-state index in [4.69, 9.17) is 9.26 Å². The van der Waals surface area contributed by atoms with E-state index in [1.54, 1.807) is 11.3 Å². The standard InChI is InChI=1S/C19H16N4O3S2/c1-11-12(2)28-19-16(11)18(20-10-21-19)27-9-15(24)25-8-14-22-17(23-26-14)13-6-4-3-5-7-13/h3-7,10H,8-9H2,1-2H3. The average molecular weight is 412 g/mol. The predicted octanol–water partition coefficient (Wildman–Crippen LogP) is 4.19. The van der Waals surface area contributed by atoms with E-state index in [2.05, 4.69) is 27.0 Å². The molecule has 0 radical (unpaired) electrons. The molecule has 0 fully saturated rings. The normalized spacial score (nSPS) is 11.1. The second-order valence-corrected chi connectivity index (χ2v) is 8.14. The summed E-state index contributed by atoms with van der Waals surface area (Å²) in [5.74, 6) is 0.486. The van der Waals surface area contributed by atoms with E-state index in [9.17, 15) is 4.79 Å². The molecule has 0 aliphatic heterocycles. The summed E-state index contributed by atoms with van der Waals surface area (Å²) in [6.07, 6.45) is 1.52. The summed E-state index contributed by atoms with van der Waals surface area (Å²) in [4.78, 5) is 27.1. The van der Waals surface area contributed by atoms with Crippen LogP contribution in [0.4, 0.5) is 0 Å². The zero-order valence-corrected chi connectivity index (χ0v) is 16.8. The first-order valence-electron chi connectivity index (χ1n) is 8.49. The molecule has 0 saturated heterocycles. The number of benzene rings is 1. The number of hydrogen-bond donors (Lipinski definition) is 0. The lowest BCUT2D eigenvalue weighted by atomic mass is 10.2. The molecule has 1 aromatic carbocycles. The van der Waals surface area contributed by atoms with Crippen molar-refractivity contribution in [1.82, 2.24) is 20.1 Å². The highest BCUT2D eigenvalue weighted by molar-refractivity contribution is 8.00. The van der Waals surface area contributed by atoms with Crippen LogP contribution in [-0.4, -0.2) is 31.8 Å². The molecule has 0 aliphatic carbocycles. The first-order valence-corrected chi connectivity index (χ1v) is 10.3. The molecule has 28 heavy (non-hydrogen) atoms. The molecule has 0 saturated carbocycles. The lowest BCUT2D eigenvalue weighted by Gasteiger charge is -2.03. The summed E-state index contributed by atoms with van der Waals surface area (Å²) in [7, 11) is 0. The van der Waals surface area contributed by atoms with E-state index in [1.807, 2.05) is 37.3 Å². The number of hydrogen-bond acceptors (Lipinski definition) is 9. The molecular weight excluding hydrogens is 396 g/mol. The van der Waals surface area contributed by atoms with Gasteiger partial charge in [0, 0.05) is 15.8 Å². The zero-order chi connectivity index (χ0) is 19.5. The third kappa shape index (κ3) is 3.90. The molecular formula is C19H16N4O3S2. The van der Waals surface area contributed by atoms with Crippen LogP contribution in [0.25, 0.3) is 21.6 Å². The van der Waals surface area contributed by atoms with Crippen LogP contribution in [0.3, 0.4) is 0 Å². The van der Waals surface area contributed by atoms with Crippen LogP contribution in [0.2, 0.25) is 0 Å². The second kappa shape index (κ2) is 8.07. The van der Waals surface area contributed by atoms with Crippen LogP contribution >= 0.6 is 23.1 Å². The van der Waals surface area contributed by atoms with Crippen molar-refractivity contribution in [3.8, 4) is 11.4 Å². The monoisotopic (exact) mass is 412 g/mol. The van der Waals surface area contributed by atoms with Crippen molar-refractivity contribution in [1.29, 1.82) is 0 Å². The fraction of sp³-hybridized carbons (Fsp3) is 0.211. The van der Waals surface area contributed by atoms with Gasteiger partial charge in [-0.05, 0) is 19.4 Å². The summed E-state index contributed by atoms with van der Waals surface area (Å²) in [5.41, 5.74) is 1.99. The topological polar surface area (TPSA) is 91.0 Å². The summed E-state index contributed by atoms with van der Waals surface area (Å²) in [6, 6.07) is 9.46. The van der Waals surface area contributed by atoms with Gasteiger partial charge in [-0.25, -0.2) is 9.97 Å². The van der Waals surface area contributed by atoms with Gasteiger partial charge in [-0.2, -0.15) is 4.98 Å². The molecule has 3 heterocycles. The maximum Gasteiger partial charge on any atom is 0.316 e. The molecule has 0 spiro atoms. The van der Waals surface area contributed by atoms with Crippen LogP contribution in [0.5, 0.6) is 0 Å². The second-order valence-electron chi connectivity index (χ2n) is 5.97. The molecule has 0 aliphatic rings. The number of esters is 1. The fourth-order valence-electron chi connectivity index (χ4n) is 2.59. The van der Waals surface area contributed by atoms with Gasteiger partial charge in [-0.3, -0.25) is 4.79 Å². The van der Waals surface area contributed by atoms with Gasteiger partial charge in [-0.15, -0.1) is 11.3 Å². The Morgan fingerprint density at radius 1 is 1.21 bits per heavy atom. The molecule has 0 bridgehead atoms. The Morgan fingerprint density at radius 3 is 2.86 bits per heavy atom. The zero-order valence-electron chi connectivity index (χ0n) is 15.2. The summed E-state index contributed by atoms with van der Waals surface area (Å²) in [5, 5.41) is 5.70. The van der Waals surface area contributed by atoms with Crippen molar-refractivity contribution >= 4 is 39.3 Å². The van der Waals surface area contributed by atoms with Gasteiger partial charge in [-0.1, -0.05) is 47.3 Å². The predicted molar refractivity (Wildman–Crippen MR) is 107 cm³/mol. The molecule has 0 atom stereocenters. The van der Waals surface area contributed by atoms with Crippen molar-refractivity contribution in [3.63, 3.8) is 0 Å². The number of aromatic nitrogens is 4. The highest BCUT2D eigenvalue weighted by Crippen LogP contribution is 2.34. The van der Waals surface area contributed by atoms with Crippen LogP contribution in [0, 0.1) is 13.8 Å². The number of carbonyl (C=O) groups excluding carboxylic acids is 1. The van der Waals surface area contributed by atoms with Gasteiger partial charge in [0.15, 0.2) is 6.61 Å².